The zero-order valence-corrected chi connectivity index (χ0v) is 6.72. The Morgan fingerprint density at radius 1 is 1.55 bits per heavy atom. The van der Waals surface area contributed by atoms with E-state index in [1.807, 2.05) is 6.07 Å². The minimum absolute atomic E-state index is 0.927. The molecule has 0 aliphatic carbocycles. The van der Waals surface area contributed by atoms with Crippen LogP contribution in [0, 0.1) is 0 Å². The number of aromatic amines is 1. The predicted octanol–water partition coefficient (Wildman–Crippen LogP) is 0.431. The van der Waals surface area contributed by atoms with Gasteiger partial charge in [0.1, 0.15) is 5.82 Å². The lowest BCUT2D eigenvalue weighted by Crippen LogP contribution is -2.21. The molecule has 0 radical (unpaired) electrons. The van der Waals surface area contributed by atoms with Crippen molar-refractivity contribution in [3.8, 4) is 0 Å². The molecule has 4 heteroatoms. The van der Waals surface area contributed by atoms with Crippen molar-refractivity contribution in [2.75, 3.05) is 25.0 Å². The van der Waals surface area contributed by atoms with Gasteiger partial charge in [-0.25, -0.2) is 0 Å². The number of H-pyrrole nitrogens is 1. The summed E-state index contributed by atoms with van der Waals surface area (Å²) in [6.45, 7) is 5.02. The number of hydrogen-bond donors (Lipinski definition) is 3. The highest BCUT2D eigenvalue weighted by atomic mass is 15.2. The lowest BCUT2D eigenvalue weighted by atomic mass is 10.5. The Labute approximate surface area is 66.4 Å². The summed E-state index contributed by atoms with van der Waals surface area (Å²) in [6.07, 6.45) is 1.73. The average molecular weight is 154 g/mol. The fourth-order valence-corrected chi connectivity index (χ4v) is 0.817. The van der Waals surface area contributed by atoms with E-state index >= 15 is 0 Å². The summed E-state index contributed by atoms with van der Waals surface area (Å²) in [5.74, 6) is 0.975. The first-order valence-corrected chi connectivity index (χ1v) is 3.87. The highest BCUT2D eigenvalue weighted by Gasteiger charge is 1.88. The number of likely N-dealkylation sites (N-methyl/N-ethyl adjacent to an activating group) is 1. The van der Waals surface area contributed by atoms with Crippen LogP contribution in [0.1, 0.15) is 6.92 Å². The lowest BCUT2D eigenvalue weighted by Gasteiger charge is -2.02. The molecular formula is C7H14N4. The van der Waals surface area contributed by atoms with E-state index in [2.05, 4.69) is 27.8 Å². The summed E-state index contributed by atoms with van der Waals surface area (Å²) in [6, 6.07) is 1.91. The van der Waals surface area contributed by atoms with Crippen molar-refractivity contribution in [1.29, 1.82) is 0 Å². The van der Waals surface area contributed by atoms with Gasteiger partial charge in [0.2, 0.25) is 0 Å². The lowest BCUT2D eigenvalue weighted by molar-refractivity contribution is 0.737. The molecule has 0 fully saturated rings. The number of hydrogen-bond acceptors (Lipinski definition) is 3. The predicted molar refractivity (Wildman–Crippen MR) is 45.6 cm³/mol. The van der Waals surface area contributed by atoms with Gasteiger partial charge in [-0.3, -0.25) is 5.10 Å². The molecule has 1 aromatic rings. The molecule has 62 valence electrons. The smallest absolute Gasteiger partial charge is 0.121 e. The monoisotopic (exact) mass is 154 g/mol. The summed E-state index contributed by atoms with van der Waals surface area (Å²) in [4.78, 5) is 0. The van der Waals surface area contributed by atoms with Crippen LogP contribution in [0.4, 0.5) is 5.82 Å². The first kappa shape index (κ1) is 8.07. The minimum atomic E-state index is 0.927. The van der Waals surface area contributed by atoms with E-state index in [4.69, 9.17) is 0 Å². The van der Waals surface area contributed by atoms with Gasteiger partial charge in [-0.2, -0.15) is 5.10 Å². The standard InChI is InChI=1S/C7H14N4/c1-2-8-5-6-9-7-3-4-10-11-7/h3-4,8H,2,5-6H2,1H3,(H2,9,10,11). The molecule has 0 saturated heterocycles. The third-order valence-electron chi connectivity index (χ3n) is 1.37. The van der Waals surface area contributed by atoms with E-state index in [1.54, 1.807) is 6.20 Å². The second-order valence-electron chi connectivity index (χ2n) is 2.25. The summed E-state index contributed by atoms with van der Waals surface area (Å²) in [5.41, 5.74) is 0. The van der Waals surface area contributed by atoms with Gasteiger partial charge in [0.15, 0.2) is 0 Å². The van der Waals surface area contributed by atoms with Crippen molar-refractivity contribution in [2.45, 2.75) is 6.92 Å². The van der Waals surface area contributed by atoms with Gasteiger partial charge in [-0.15, -0.1) is 0 Å². The molecule has 1 heterocycles. The highest BCUT2D eigenvalue weighted by molar-refractivity contribution is 5.31. The van der Waals surface area contributed by atoms with Crippen LogP contribution in [-0.4, -0.2) is 29.8 Å². The van der Waals surface area contributed by atoms with Gasteiger partial charge in [-0.05, 0) is 12.6 Å². The Morgan fingerprint density at radius 3 is 3.09 bits per heavy atom. The maximum atomic E-state index is 3.81. The van der Waals surface area contributed by atoms with Crippen LogP contribution in [0.5, 0.6) is 0 Å². The number of anilines is 1. The van der Waals surface area contributed by atoms with Crippen LogP contribution in [0.15, 0.2) is 12.3 Å². The summed E-state index contributed by atoms with van der Waals surface area (Å²) in [5, 5.41) is 13.0. The first-order valence-electron chi connectivity index (χ1n) is 3.87. The van der Waals surface area contributed by atoms with Gasteiger partial charge < -0.3 is 10.6 Å². The van der Waals surface area contributed by atoms with Crippen LogP contribution in [0.2, 0.25) is 0 Å². The van der Waals surface area contributed by atoms with Crippen molar-refractivity contribution in [3.63, 3.8) is 0 Å². The highest BCUT2D eigenvalue weighted by Crippen LogP contribution is 1.95. The molecule has 0 bridgehead atoms. The van der Waals surface area contributed by atoms with E-state index in [-0.39, 0.29) is 0 Å². The molecule has 0 unspecified atom stereocenters. The molecule has 1 rings (SSSR count). The molecular weight excluding hydrogens is 140 g/mol. The van der Waals surface area contributed by atoms with E-state index in [1.165, 1.54) is 0 Å². The molecule has 0 aliphatic heterocycles. The second kappa shape index (κ2) is 4.73. The normalized spacial score (nSPS) is 9.91. The van der Waals surface area contributed by atoms with Gasteiger partial charge >= 0.3 is 0 Å². The number of aromatic nitrogens is 2. The Hall–Kier alpha value is -1.03. The van der Waals surface area contributed by atoms with Crippen LogP contribution in [0.25, 0.3) is 0 Å². The van der Waals surface area contributed by atoms with Gasteiger partial charge in [0.25, 0.3) is 0 Å². The van der Waals surface area contributed by atoms with Gasteiger partial charge in [-0.1, -0.05) is 6.92 Å². The molecule has 1 aromatic heterocycles. The second-order valence-corrected chi connectivity index (χ2v) is 2.25. The van der Waals surface area contributed by atoms with E-state index in [9.17, 15) is 0 Å². The SMILES string of the molecule is CCNCCNc1ccn[nH]1. The maximum absolute atomic E-state index is 3.81. The van der Waals surface area contributed by atoms with Crippen molar-refractivity contribution in [3.05, 3.63) is 12.3 Å². The summed E-state index contributed by atoms with van der Waals surface area (Å²) in [7, 11) is 0. The molecule has 0 aromatic carbocycles. The van der Waals surface area contributed by atoms with Crippen LogP contribution < -0.4 is 10.6 Å². The summed E-state index contributed by atoms with van der Waals surface area (Å²) < 4.78 is 0. The average Bonchev–Trinajstić information content (AvgIpc) is 2.50. The zero-order valence-electron chi connectivity index (χ0n) is 6.72. The maximum Gasteiger partial charge on any atom is 0.121 e. The van der Waals surface area contributed by atoms with E-state index in [0.717, 1.165) is 25.5 Å². The number of nitrogens with one attached hydrogen (secondary N) is 3. The minimum Gasteiger partial charge on any atom is -0.369 e. The quantitative estimate of drug-likeness (QED) is 0.539. The van der Waals surface area contributed by atoms with Crippen LogP contribution in [0.3, 0.4) is 0 Å². The molecule has 0 aliphatic rings. The third-order valence-corrected chi connectivity index (χ3v) is 1.37. The summed E-state index contributed by atoms with van der Waals surface area (Å²) >= 11 is 0. The third kappa shape index (κ3) is 3.04. The molecule has 11 heavy (non-hydrogen) atoms. The van der Waals surface area contributed by atoms with Gasteiger partial charge in [0.05, 0.1) is 6.20 Å². The van der Waals surface area contributed by atoms with Gasteiger partial charge in [0, 0.05) is 13.1 Å². The fraction of sp³-hybridized carbons (Fsp3) is 0.571. The van der Waals surface area contributed by atoms with Crippen molar-refractivity contribution in [2.24, 2.45) is 0 Å². The fourth-order valence-electron chi connectivity index (χ4n) is 0.817. The topological polar surface area (TPSA) is 52.7 Å². The van der Waals surface area contributed by atoms with E-state index in [0.29, 0.717) is 0 Å². The molecule has 0 amide bonds. The van der Waals surface area contributed by atoms with Crippen molar-refractivity contribution in [1.82, 2.24) is 15.5 Å². The van der Waals surface area contributed by atoms with Crippen LogP contribution >= 0.6 is 0 Å². The Kier molecular flexibility index (Phi) is 3.47. The van der Waals surface area contributed by atoms with Crippen LogP contribution in [-0.2, 0) is 0 Å². The van der Waals surface area contributed by atoms with E-state index < -0.39 is 0 Å². The Balaban J connectivity index is 2.04. The number of rotatable bonds is 5. The number of nitrogens with zero attached hydrogens (tertiary/aromatic N) is 1. The molecule has 0 atom stereocenters. The zero-order chi connectivity index (χ0) is 7.94. The first-order chi connectivity index (χ1) is 5.43. The molecule has 3 N–H and O–H groups in total. The molecule has 0 spiro atoms. The molecule has 0 saturated carbocycles. The van der Waals surface area contributed by atoms with Crippen molar-refractivity contribution >= 4 is 5.82 Å². The largest absolute Gasteiger partial charge is 0.369 e. The van der Waals surface area contributed by atoms with Crippen molar-refractivity contribution < 1.29 is 0 Å². The molecule has 4 nitrogen and oxygen atoms in total. The Morgan fingerprint density at radius 2 is 2.45 bits per heavy atom. The Bertz CT molecular complexity index is 171.